The Labute approximate surface area is 110 Å². The summed E-state index contributed by atoms with van der Waals surface area (Å²) in [4.78, 5) is 14.3. The zero-order chi connectivity index (χ0) is 13.0. The summed E-state index contributed by atoms with van der Waals surface area (Å²) in [5.74, 6) is 0.137. The molecule has 2 aliphatic rings. The van der Waals surface area contributed by atoms with E-state index >= 15 is 0 Å². The monoisotopic (exact) mass is 253 g/mol. The Morgan fingerprint density at radius 1 is 1.39 bits per heavy atom. The molecule has 0 radical (unpaired) electrons. The number of nitrogens with zero attached hydrogens (tertiary/aromatic N) is 1. The van der Waals surface area contributed by atoms with E-state index in [-0.39, 0.29) is 11.9 Å². The van der Waals surface area contributed by atoms with Crippen LogP contribution in [0.25, 0.3) is 0 Å². The molecule has 2 saturated heterocycles. The number of hydrogen-bond acceptors (Lipinski definition) is 3. The van der Waals surface area contributed by atoms with Crippen LogP contribution < -0.4 is 10.6 Å². The van der Waals surface area contributed by atoms with E-state index in [4.69, 9.17) is 0 Å². The molecule has 3 atom stereocenters. The van der Waals surface area contributed by atoms with E-state index in [0.717, 1.165) is 12.5 Å². The molecular formula is C14H27N3O. The van der Waals surface area contributed by atoms with Gasteiger partial charge in [-0.2, -0.15) is 0 Å². The zero-order valence-electron chi connectivity index (χ0n) is 11.7. The van der Waals surface area contributed by atoms with Gasteiger partial charge in [0.15, 0.2) is 0 Å². The minimum atomic E-state index is 0.137. The number of rotatable bonds is 5. The van der Waals surface area contributed by atoms with Gasteiger partial charge >= 0.3 is 0 Å². The lowest BCUT2D eigenvalue weighted by atomic mass is 9.97. The van der Waals surface area contributed by atoms with Crippen molar-refractivity contribution in [1.82, 2.24) is 15.5 Å². The Kier molecular flexibility index (Phi) is 5.01. The lowest BCUT2D eigenvalue weighted by Gasteiger charge is -2.35. The molecule has 18 heavy (non-hydrogen) atoms. The van der Waals surface area contributed by atoms with Gasteiger partial charge in [-0.25, -0.2) is 0 Å². The van der Waals surface area contributed by atoms with Crippen molar-refractivity contribution >= 4 is 5.91 Å². The Morgan fingerprint density at radius 3 is 3.00 bits per heavy atom. The van der Waals surface area contributed by atoms with Crippen molar-refractivity contribution in [2.75, 3.05) is 19.6 Å². The van der Waals surface area contributed by atoms with Gasteiger partial charge in [-0.05, 0) is 52.1 Å². The third-order valence-corrected chi connectivity index (χ3v) is 4.39. The predicted octanol–water partition coefficient (Wildman–Crippen LogP) is 1.12. The van der Waals surface area contributed by atoms with Crippen LogP contribution >= 0.6 is 0 Å². The largest absolute Gasteiger partial charge is 0.353 e. The molecule has 3 unspecified atom stereocenters. The maximum Gasteiger partial charge on any atom is 0.234 e. The minimum absolute atomic E-state index is 0.137. The molecule has 0 bridgehead atoms. The highest BCUT2D eigenvalue weighted by molar-refractivity contribution is 5.78. The van der Waals surface area contributed by atoms with E-state index in [1.807, 2.05) is 0 Å². The average molecular weight is 253 g/mol. The minimum Gasteiger partial charge on any atom is -0.353 e. The molecule has 2 heterocycles. The van der Waals surface area contributed by atoms with Crippen molar-refractivity contribution in [2.24, 2.45) is 0 Å². The van der Waals surface area contributed by atoms with Gasteiger partial charge in [-0.3, -0.25) is 4.79 Å². The highest BCUT2D eigenvalue weighted by Crippen LogP contribution is 2.26. The van der Waals surface area contributed by atoms with E-state index in [1.54, 1.807) is 0 Å². The van der Waals surface area contributed by atoms with Crippen LogP contribution in [0.1, 0.15) is 46.0 Å². The summed E-state index contributed by atoms with van der Waals surface area (Å²) in [6, 6.07) is 1.59. The van der Waals surface area contributed by atoms with Gasteiger partial charge in [0.1, 0.15) is 0 Å². The second-order valence-corrected chi connectivity index (χ2v) is 5.81. The van der Waals surface area contributed by atoms with Gasteiger partial charge in [0.05, 0.1) is 6.54 Å². The number of nitrogens with one attached hydrogen (secondary N) is 2. The van der Waals surface area contributed by atoms with Gasteiger partial charge < -0.3 is 15.5 Å². The highest BCUT2D eigenvalue weighted by Gasteiger charge is 2.31. The van der Waals surface area contributed by atoms with Crippen LogP contribution in [0, 0.1) is 0 Å². The second kappa shape index (κ2) is 6.53. The van der Waals surface area contributed by atoms with Crippen molar-refractivity contribution in [3.05, 3.63) is 0 Å². The van der Waals surface area contributed by atoms with E-state index in [9.17, 15) is 4.79 Å². The molecule has 104 valence electrons. The fourth-order valence-corrected chi connectivity index (χ4v) is 3.07. The lowest BCUT2D eigenvalue weighted by molar-refractivity contribution is -0.121. The number of carbonyl (C=O) groups excluding carboxylic acids is 1. The van der Waals surface area contributed by atoms with Crippen LogP contribution in [0.15, 0.2) is 0 Å². The smallest absolute Gasteiger partial charge is 0.234 e. The van der Waals surface area contributed by atoms with Crippen LogP contribution in [0.2, 0.25) is 0 Å². The van der Waals surface area contributed by atoms with Crippen LogP contribution in [-0.4, -0.2) is 48.6 Å². The van der Waals surface area contributed by atoms with Gasteiger partial charge in [0.25, 0.3) is 0 Å². The number of hydrogen-bond donors (Lipinski definition) is 2. The maximum atomic E-state index is 11.7. The first-order valence-corrected chi connectivity index (χ1v) is 7.45. The molecule has 2 N–H and O–H groups in total. The molecular weight excluding hydrogens is 226 g/mol. The second-order valence-electron chi connectivity index (χ2n) is 5.81. The Morgan fingerprint density at radius 2 is 2.22 bits per heavy atom. The molecule has 2 rings (SSSR count). The molecule has 0 aromatic heterocycles. The lowest BCUT2D eigenvalue weighted by Crippen LogP contribution is -2.48. The standard InChI is InChI=1S/C14H27N3O/c1-3-11(2)16-14(18)10-15-12-6-8-17-7-4-5-13(17)9-12/h11-13,15H,3-10H2,1-2H3,(H,16,18). The highest BCUT2D eigenvalue weighted by atomic mass is 16.1. The van der Waals surface area contributed by atoms with E-state index in [0.29, 0.717) is 12.6 Å². The number of carbonyl (C=O) groups is 1. The Hall–Kier alpha value is -0.610. The molecule has 1 amide bonds. The Bertz CT molecular complexity index is 282. The zero-order valence-corrected chi connectivity index (χ0v) is 11.7. The molecule has 4 nitrogen and oxygen atoms in total. The number of piperidine rings is 1. The molecule has 0 spiro atoms. The molecule has 0 saturated carbocycles. The SMILES string of the molecule is CCC(C)NC(=O)CNC1CCN2CCCC2C1. The third kappa shape index (κ3) is 3.69. The molecule has 0 aromatic carbocycles. The third-order valence-electron chi connectivity index (χ3n) is 4.39. The van der Waals surface area contributed by atoms with E-state index < -0.39 is 0 Å². The van der Waals surface area contributed by atoms with E-state index in [2.05, 4.69) is 29.4 Å². The fourth-order valence-electron chi connectivity index (χ4n) is 3.07. The fraction of sp³-hybridized carbons (Fsp3) is 0.929. The van der Waals surface area contributed by atoms with Gasteiger partial charge in [-0.1, -0.05) is 6.92 Å². The van der Waals surface area contributed by atoms with E-state index in [1.165, 1.54) is 38.8 Å². The molecule has 0 aliphatic carbocycles. The average Bonchev–Trinajstić information content (AvgIpc) is 2.83. The van der Waals surface area contributed by atoms with Crippen LogP contribution in [0.5, 0.6) is 0 Å². The quantitative estimate of drug-likeness (QED) is 0.771. The topological polar surface area (TPSA) is 44.4 Å². The summed E-state index contributed by atoms with van der Waals surface area (Å²) in [7, 11) is 0. The van der Waals surface area contributed by atoms with Gasteiger partial charge in [-0.15, -0.1) is 0 Å². The van der Waals surface area contributed by atoms with Crippen molar-refractivity contribution in [1.29, 1.82) is 0 Å². The van der Waals surface area contributed by atoms with Crippen molar-refractivity contribution in [2.45, 2.75) is 64.1 Å². The first-order chi connectivity index (χ1) is 8.69. The van der Waals surface area contributed by atoms with Crippen LogP contribution in [0.4, 0.5) is 0 Å². The first-order valence-electron chi connectivity index (χ1n) is 7.45. The van der Waals surface area contributed by atoms with Crippen LogP contribution in [0.3, 0.4) is 0 Å². The summed E-state index contributed by atoms with van der Waals surface area (Å²) >= 11 is 0. The maximum absolute atomic E-state index is 11.7. The summed E-state index contributed by atoms with van der Waals surface area (Å²) < 4.78 is 0. The predicted molar refractivity (Wildman–Crippen MR) is 73.5 cm³/mol. The van der Waals surface area contributed by atoms with Gasteiger partial charge in [0, 0.05) is 18.1 Å². The summed E-state index contributed by atoms with van der Waals surface area (Å²) in [5.41, 5.74) is 0. The van der Waals surface area contributed by atoms with Crippen LogP contribution in [-0.2, 0) is 4.79 Å². The summed E-state index contributed by atoms with van der Waals surface area (Å²) in [6.45, 7) is 7.10. The summed E-state index contributed by atoms with van der Waals surface area (Å²) in [6.07, 6.45) is 6.10. The molecule has 0 aromatic rings. The molecule has 2 aliphatic heterocycles. The normalized spacial score (nSPS) is 29.9. The Balaban J connectivity index is 1.66. The van der Waals surface area contributed by atoms with Crippen molar-refractivity contribution in [3.8, 4) is 0 Å². The van der Waals surface area contributed by atoms with Crippen molar-refractivity contribution < 1.29 is 4.79 Å². The summed E-state index contributed by atoms with van der Waals surface area (Å²) in [5, 5.41) is 6.43. The number of fused-ring (bicyclic) bond motifs is 1. The first kappa shape index (κ1) is 13.8. The van der Waals surface area contributed by atoms with Gasteiger partial charge in [0.2, 0.25) is 5.91 Å². The molecule has 4 heteroatoms. The van der Waals surface area contributed by atoms with Crippen molar-refractivity contribution in [3.63, 3.8) is 0 Å². The number of amides is 1. The molecule has 2 fully saturated rings.